The van der Waals surface area contributed by atoms with Crippen LogP contribution < -0.4 is 5.32 Å². The Labute approximate surface area is 122 Å². The first-order valence-corrected chi connectivity index (χ1v) is 8.04. The fraction of sp³-hybridized carbons (Fsp3) is 0.882. The van der Waals surface area contributed by atoms with Crippen molar-refractivity contribution in [3.8, 4) is 0 Å². The van der Waals surface area contributed by atoms with Gasteiger partial charge in [-0.2, -0.15) is 0 Å². The van der Waals surface area contributed by atoms with Crippen LogP contribution in [0.2, 0.25) is 0 Å². The lowest BCUT2D eigenvalue weighted by Gasteiger charge is -2.35. The third-order valence-corrected chi connectivity index (χ3v) is 3.01. The third-order valence-electron chi connectivity index (χ3n) is 3.01. The van der Waals surface area contributed by atoms with E-state index < -0.39 is 0 Å². The highest BCUT2D eigenvalue weighted by molar-refractivity contribution is 5.01. The second kappa shape index (κ2) is 11.3. The lowest BCUT2D eigenvalue weighted by molar-refractivity contribution is 0.240. The molecule has 0 bridgehead atoms. The van der Waals surface area contributed by atoms with Gasteiger partial charge in [0, 0.05) is 31.9 Å². The molecule has 0 spiro atoms. The van der Waals surface area contributed by atoms with Gasteiger partial charge < -0.3 is 10.2 Å². The molecule has 0 amide bonds. The monoisotopic (exact) mass is 270 g/mol. The summed E-state index contributed by atoms with van der Waals surface area (Å²) in [5, 5.41) is 3.37. The van der Waals surface area contributed by atoms with Crippen LogP contribution in [0, 0.1) is 11.3 Å². The fourth-order valence-corrected chi connectivity index (χ4v) is 2.30. The molecule has 1 rings (SSSR count). The molecule has 0 saturated carbocycles. The topological polar surface area (TPSA) is 15.3 Å². The molecular formula is C17H38N2. The summed E-state index contributed by atoms with van der Waals surface area (Å²) < 4.78 is 0. The van der Waals surface area contributed by atoms with Crippen molar-refractivity contribution >= 4 is 0 Å². The Morgan fingerprint density at radius 1 is 1.11 bits per heavy atom. The van der Waals surface area contributed by atoms with Crippen molar-refractivity contribution < 1.29 is 0 Å². The molecule has 2 nitrogen and oxygen atoms in total. The van der Waals surface area contributed by atoms with Crippen LogP contribution in [0.25, 0.3) is 0 Å². The van der Waals surface area contributed by atoms with Gasteiger partial charge in [-0.25, -0.2) is 0 Å². The summed E-state index contributed by atoms with van der Waals surface area (Å²) in [5.74, 6) is 0.600. The van der Waals surface area contributed by atoms with E-state index in [-0.39, 0.29) is 0 Å². The zero-order valence-electron chi connectivity index (χ0n) is 14.8. The minimum absolute atomic E-state index is 0.399. The van der Waals surface area contributed by atoms with Gasteiger partial charge in [0.1, 0.15) is 0 Å². The highest BCUT2D eigenvalue weighted by Crippen LogP contribution is 2.29. The van der Waals surface area contributed by atoms with Crippen molar-refractivity contribution in [2.24, 2.45) is 11.3 Å². The maximum absolute atomic E-state index is 4.26. The predicted molar refractivity (Wildman–Crippen MR) is 89.5 cm³/mol. The van der Waals surface area contributed by atoms with Gasteiger partial charge in [0.15, 0.2) is 0 Å². The van der Waals surface area contributed by atoms with Crippen molar-refractivity contribution in [2.75, 3.05) is 26.2 Å². The molecule has 1 atom stereocenters. The summed E-state index contributed by atoms with van der Waals surface area (Å²) in [4.78, 5) is 2.44. The Morgan fingerprint density at radius 3 is 1.89 bits per heavy atom. The molecule has 2 heteroatoms. The van der Waals surface area contributed by atoms with Gasteiger partial charge >= 0.3 is 0 Å². The quantitative estimate of drug-likeness (QED) is 0.810. The highest BCUT2D eigenvalue weighted by Gasteiger charge is 2.21. The molecule has 19 heavy (non-hydrogen) atoms. The normalized spacial score (nSPS) is 16.5. The molecule has 0 aliphatic carbocycles. The Bertz CT molecular complexity index is 210. The van der Waals surface area contributed by atoms with Crippen LogP contribution in [0.4, 0.5) is 0 Å². The first-order chi connectivity index (χ1) is 8.90. The molecule has 116 valence electrons. The van der Waals surface area contributed by atoms with Crippen LogP contribution in [0.5, 0.6) is 0 Å². The zero-order chi connectivity index (χ0) is 15.5. The van der Waals surface area contributed by atoms with Gasteiger partial charge in [0.05, 0.1) is 0 Å². The number of rotatable bonds is 3. The molecular weight excluding hydrogens is 232 g/mol. The highest BCUT2D eigenvalue weighted by atomic mass is 15.2. The Kier molecular flexibility index (Phi) is 12.4. The Hall–Kier alpha value is -0.500. The fourth-order valence-electron chi connectivity index (χ4n) is 2.30. The lowest BCUT2D eigenvalue weighted by atomic mass is 9.84. The van der Waals surface area contributed by atoms with E-state index in [9.17, 15) is 0 Å². The number of hydrogen-bond donors (Lipinski definition) is 1. The molecule has 1 unspecified atom stereocenters. The second-order valence-corrected chi connectivity index (χ2v) is 5.89. The van der Waals surface area contributed by atoms with E-state index >= 15 is 0 Å². The van der Waals surface area contributed by atoms with Gasteiger partial charge in [0.25, 0.3) is 0 Å². The number of hydrogen-bond acceptors (Lipinski definition) is 2. The van der Waals surface area contributed by atoms with Crippen molar-refractivity contribution in [2.45, 2.75) is 61.8 Å². The summed E-state index contributed by atoms with van der Waals surface area (Å²) in [6, 6.07) is 0. The zero-order valence-corrected chi connectivity index (χ0v) is 14.8. The van der Waals surface area contributed by atoms with Crippen LogP contribution in [-0.4, -0.2) is 31.1 Å². The van der Waals surface area contributed by atoms with E-state index in [1.54, 1.807) is 0 Å². The minimum atomic E-state index is 0.399. The first-order valence-electron chi connectivity index (χ1n) is 8.04. The molecule has 0 aromatic heterocycles. The van der Waals surface area contributed by atoms with Gasteiger partial charge in [-0.3, -0.25) is 0 Å². The molecule has 1 aliphatic heterocycles. The summed E-state index contributed by atoms with van der Waals surface area (Å²) in [5.41, 5.74) is 1.72. The first kappa shape index (κ1) is 20.8. The van der Waals surface area contributed by atoms with Crippen molar-refractivity contribution in [3.63, 3.8) is 0 Å². The van der Waals surface area contributed by atoms with Gasteiger partial charge in [-0.05, 0) is 17.8 Å². The molecule has 1 saturated heterocycles. The van der Waals surface area contributed by atoms with Gasteiger partial charge in [-0.1, -0.05) is 62.0 Å². The van der Waals surface area contributed by atoms with Crippen LogP contribution >= 0.6 is 0 Å². The number of nitrogens with zero attached hydrogens (tertiary/aromatic N) is 1. The van der Waals surface area contributed by atoms with E-state index in [0.717, 1.165) is 26.2 Å². The molecule has 1 fully saturated rings. The molecule has 1 N–H and O–H groups in total. The Balaban J connectivity index is 0. The molecule has 1 heterocycles. The summed E-state index contributed by atoms with van der Waals surface area (Å²) in [6.45, 7) is 25.9. The van der Waals surface area contributed by atoms with Crippen LogP contribution in [0.1, 0.15) is 61.8 Å². The van der Waals surface area contributed by atoms with Crippen LogP contribution in [-0.2, 0) is 0 Å². The van der Waals surface area contributed by atoms with Gasteiger partial charge in [-0.15, -0.1) is 0 Å². The average molecular weight is 271 g/mol. The summed E-state index contributed by atoms with van der Waals surface area (Å²) in [7, 11) is 0. The number of piperazine rings is 1. The maximum atomic E-state index is 4.26. The smallest absolute Gasteiger partial charge is 0.0300 e. The van der Waals surface area contributed by atoms with E-state index in [1.807, 2.05) is 27.7 Å². The standard InChI is InChI=1S/C13H26N2.2C2H6/c1-11(10-13(3,4)5)12(2)15-8-6-14-7-9-15;2*1-2/h11,14H,2,6-10H2,1,3-5H3;2*1-2H3. The molecule has 0 radical (unpaired) electrons. The second-order valence-electron chi connectivity index (χ2n) is 5.89. The third kappa shape index (κ3) is 10.0. The van der Waals surface area contributed by atoms with Gasteiger partial charge in [0.2, 0.25) is 0 Å². The number of allylic oxidation sites excluding steroid dienone is 1. The largest absolute Gasteiger partial charge is 0.373 e. The lowest BCUT2D eigenvalue weighted by Crippen LogP contribution is -2.43. The predicted octanol–water partition coefficient (Wildman–Crippen LogP) is 4.53. The van der Waals surface area contributed by atoms with Crippen molar-refractivity contribution in [1.29, 1.82) is 0 Å². The maximum Gasteiger partial charge on any atom is 0.0300 e. The average Bonchev–Trinajstić information content (AvgIpc) is 2.41. The Morgan fingerprint density at radius 2 is 1.53 bits per heavy atom. The molecule has 0 aromatic carbocycles. The van der Waals surface area contributed by atoms with E-state index in [0.29, 0.717) is 11.3 Å². The van der Waals surface area contributed by atoms with Crippen molar-refractivity contribution in [3.05, 3.63) is 12.3 Å². The SMILES string of the molecule is C=C(C(C)CC(C)(C)C)N1CCNCC1.CC.CC. The van der Waals surface area contributed by atoms with Crippen LogP contribution in [0.15, 0.2) is 12.3 Å². The molecule has 0 aromatic rings. The van der Waals surface area contributed by atoms with E-state index in [4.69, 9.17) is 0 Å². The minimum Gasteiger partial charge on any atom is -0.373 e. The summed E-state index contributed by atoms with van der Waals surface area (Å²) >= 11 is 0. The van der Waals surface area contributed by atoms with E-state index in [2.05, 4.69) is 44.5 Å². The molecule has 1 aliphatic rings. The van der Waals surface area contributed by atoms with Crippen molar-refractivity contribution in [1.82, 2.24) is 10.2 Å². The summed E-state index contributed by atoms with van der Waals surface area (Å²) in [6.07, 6.45) is 1.22. The van der Waals surface area contributed by atoms with Crippen LogP contribution in [0.3, 0.4) is 0 Å². The van der Waals surface area contributed by atoms with E-state index in [1.165, 1.54) is 12.1 Å². The number of nitrogens with one attached hydrogen (secondary N) is 1.